The molecule has 0 spiro atoms. The Bertz CT molecular complexity index is 319. The molecular formula is C17H30N2. The van der Waals surface area contributed by atoms with Crippen molar-refractivity contribution in [3.63, 3.8) is 0 Å². The van der Waals surface area contributed by atoms with Gasteiger partial charge in [-0.1, -0.05) is 51.7 Å². The van der Waals surface area contributed by atoms with Gasteiger partial charge in [-0.05, 0) is 43.5 Å². The third-order valence-electron chi connectivity index (χ3n) is 3.73. The minimum atomic E-state index is 0.686. The zero-order valence-electron chi connectivity index (χ0n) is 12.6. The van der Waals surface area contributed by atoms with Crippen molar-refractivity contribution in [1.29, 1.82) is 0 Å². The lowest BCUT2D eigenvalue weighted by Crippen LogP contribution is -2.30. The Morgan fingerprint density at radius 3 is 2.42 bits per heavy atom. The first-order chi connectivity index (χ1) is 9.26. The number of benzene rings is 1. The van der Waals surface area contributed by atoms with Crippen LogP contribution in [-0.2, 0) is 6.42 Å². The summed E-state index contributed by atoms with van der Waals surface area (Å²) in [5.74, 6) is 0. The van der Waals surface area contributed by atoms with Crippen molar-refractivity contribution in [2.24, 2.45) is 0 Å². The van der Waals surface area contributed by atoms with Crippen LogP contribution in [0.25, 0.3) is 0 Å². The normalized spacial score (nSPS) is 12.5. The molecule has 0 saturated heterocycles. The zero-order chi connectivity index (χ0) is 13.9. The van der Waals surface area contributed by atoms with Gasteiger partial charge >= 0.3 is 0 Å². The van der Waals surface area contributed by atoms with Crippen molar-refractivity contribution in [2.75, 3.05) is 12.3 Å². The fourth-order valence-corrected chi connectivity index (χ4v) is 2.37. The third-order valence-corrected chi connectivity index (χ3v) is 3.73. The summed E-state index contributed by atoms with van der Waals surface area (Å²) in [6.45, 7) is 5.61. The van der Waals surface area contributed by atoms with Crippen LogP contribution in [0.3, 0.4) is 0 Å². The highest BCUT2D eigenvalue weighted by molar-refractivity contribution is 5.39. The van der Waals surface area contributed by atoms with Crippen molar-refractivity contribution in [3.8, 4) is 0 Å². The van der Waals surface area contributed by atoms with E-state index in [1.54, 1.807) is 0 Å². The molecule has 0 aliphatic rings. The molecule has 19 heavy (non-hydrogen) atoms. The van der Waals surface area contributed by atoms with Crippen molar-refractivity contribution in [3.05, 3.63) is 29.8 Å². The van der Waals surface area contributed by atoms with Gasteiger partial charge in [0.1, 0.15) is 0 Å². The van der Waals surface area contributed by atoms with Crippen LogP contribution < -0.4 is 11.1 Å². The summed E-state index contributed by atoms with van der Waals surface area (Å²) in [5.41, 5.74) is 7.90. The average Bonchev–Trinajstić information content (AvgIpc) is 2.43. The van der Waals surface area contributed by atoms with Crippen LogP contribution in [0.2, 0.25) is 0 Å². The third kappa shape index (κ3) is 7.22. The number of nitrogen functional groups attached to an aromatic ring is 1. The average molecular weight is 262 g/mol. The molecule has 0 fully saturated rings. The highest BCUT2D eigenvalue weighted by atomic mass is 14.9. The van der Waals surface area contributed by atoms with E-state index in [0.29, 0.717) is 6.04 Å². The van der Waals surface area contributed by atoms with Crippen LogP contribution in [0.4, 0.5) is 5.69 Å². The van der Waals surface area contributed by atoms with Gasteiger partial charge in [0.2, 0.25) is 0 Å². The van der Waals surface area contributed by atoms with Crippen LogP contribution in [0.5, 0.6) is 0 Å². The van der Waals surface area contributed by atoms with Crippen molar-refractivity contribution >= 4 is 5.69 Å². The highest BCUT2D eigenvalue weighted by Crippen LogP contribution is 2.09. The summed E-state index contributed by atoms with van der Waals surface area (Å²) in [5, 5.41) is 3.68. The van der Waals surface area contributed by atoms with Crippen LogP contribution >= 0.6 is 0 Å². The smallest absolute Gasteiger partial charge is 0.0314 e. The lowest BCUT2D eigenvalue weighted by atomic mass is 10.0. The van der Waals surface area contributed by atoms with Gasteiger partial charge in [0.25, 0.3) is 0 Å². The van der Waals surface area contributed by atoms with E-state index in [4.69, 9.17) is 5.73 Å². The molecule has 0 radical (unpaired) electrons. The Balaban J connectivity index is 2.16. The molecule has 108 valence electrons. The van der Waals surface area contributed by atoms with Crippen LogP contribution in [0, 0.1) is 0 Å². The van der Waals surface area contributed by atoms with Gasteiger partial charge in [-0.2, -0.15) is 0 Å². The molecule has 2 heteroatoms. The molecule has 0 bridgehead atoms. The Morgan fingerprint density at radius 1 is 1.05 bits per heavy atom. The van der Waals surface area contributed by atoms with E-state index in [9.17, 15) is 0 Å². The zero-order valence-corrected chi connectivity index (χ0v) is 12.6. The second-order valence-corrected chi connectivity index (χ2v) is 5.40. The SMILES string of the molecule is CCCCCCC(CC)NCCc1ccc(N)cc1. The first-order valence-corrected chi connectivity index (χ1v) is 7.84. The summed E-state index contributed by atoms with van der Waals surface area (Å²) in [7, 11) is 0. The largest absolute Gasteiger partial charge is 0.399 e. The van der Waals surface area contributed by atoms with Crippen molar-refractivity contribution < 1.29 is 0 Å². The highest BCUT2D eigenvalue weighted by Gasteiger charge is 2.04. The van der Waals surface area contributed by atoms with E-state index in [1.807, 2.05) is 12.1 Å². The minimum absolute atomic E-state index is 0.686. The molecule has 1 atom stereocenters. The van der Waals surface area contributed by atoms with Crippen molar-refractivity contribution in [1.82, 2.24) is 5.32 Å². The van der Waals surface area contributed by atoms with E-state index in [-0.39, 0.29) is 0 Å². The molecule has 0 aliphatic heterocycles. The van der Waals surface area contributed by atoms with Gasteiger partial charge in [-0.15, -0.1) is 0 Å². The lowest BCUT2D eigenvalue weighted by Gasteiger charge is -2.16. The molecule has 0 heterocycles. The molecule has 0 aromatic heterocycles. The summed E-state index contributed by atoms with van der Waals surface area (Å²) < 4.78 is 0. The fourth-order valence-electron chi connectivity index (χ4n) is 2.37. The number of hydrogen-bond donors (Lipinski definition) is 2. The summed E-state index contributed by atoms with van der Waals surface area (Å²) >= 11 is 0. The Kier molecular flexibility index (Phi) is 8.31. The number of hydrogen-bond acceptors (Lipinski definition) is 2. The Hall–Kier alpha value is -1.02. The van der Waals surface area contributed by atoms with E-state index in [2.05, 4.69) is 31.3 Å². The topological polar surface area (TPSA) is 38.0 Å². The van der Waals surface area contributed by atoms with Gasteiger partial charge in [0, 0.05) is 11.7 Å². The number of rotatable bonds is 10. The standard InChI is InChI=1S/C17H30N2/c1-3-5-6-7-8-17(4-2)19-14-13-15-9-11-16(18)12-10-15/h9-12,17,19H,3-8,13-14,18H2,1-2H3. The molecule has 1 unspecified atom stereocenters. The monoisotopic (exact) mass is 262 g/mol. The summed E-state index contributed by atoms with van der Waals surface area (Å²) in [4.78, 5) is 0. The lowest BCUT2D eigenvalue weighted by molar-refractivity contribution is 0.447. The fraction of sp³-hybridized carbons (Fsp3) is 0.647. The van der Waals surface area contributed by atoms with Gasteiger partial charge in [-0.3, -0.25) is 0 Å². The van der Waals surface area contributed by atoms with Crippen LogP contribution in [-0.4, -0.2) is 12.6 Å². The number of anilines is 1. The second kappa shape index (κ2) is 9.85. The molecular weight excluding hydrogens is 232 g/mol. The Morgan fingerprint density at radius 2 is 1.79 bits per heavy atom. The summed E-state index contributed by atoms with van der Waals surface area (Å²) in [6.07, 6.45) is 9.08. The first kappa shape index (κ1) is 16.0. The second-order valence-electron chi connectivity index (χ2n) is 5.40. The summed E-state index contributed by atoms with van der Waals surface area (Å²) in [6, 6.07) is 8.90. The molecule has 0 aliphatic carbocycles. The van der Waals surface area contributed by atoms with Gasteiger partial charge in [0.05, 0.1) is 0 Å². The molecule has 3 N–H and O–H groups in total. The minimum Gasteiger partial charge on any atom is -0.399 e. The number of nitrogens with two attached hydrogens (primary N) is 1. The maximum absolute atomic E-state index is 5.69. The van der Waals surface area contributed by atoms with E-state index in [1.165, 1.54) is 44.1 Å². The van der Waals surface area contributed by atoms with Gasteiger partial charge in [0.15, 0.2) is 0 Å². The number of unbranched alkanes of at least 4 members (excludes halogenated alkanes) is 3. The predicted octanol–water partition coefficient (Wildman–Crippen LogP) is 4.15. The Labute approximate surface area is 118 Å². The molecule has 1 aromatic rings. The maximum Gasteiger partial charge on any atom is 0.0314 e. The molecule has 1 rings (SSSR count). The van der Waals surface area contributed by atoms with E-state index >= 15 is 0 Å². The van der Waals surface area contributed by atoms with Gasteiger partial charge in [-0.25, -0.2) is 0 Å². The van der Waals surface area contributed by atoms with Crippen molar-refractivity contribution in [2.45, 2.75) is 64.8 Å². The predicted molar refractivity (Wildman–Crippen MR) is 85.4 cm³/mol. The molecule has 2 nitrogen and oxygen atoms in total. The van der Waals surface area contributed by atoms with E-state index < -0.39 is 0 Å². The molecule has 0 saturated carbocycles. The van der Waals surface area contributed by atoms with E-state index in [0.717, 1.165) is 18.7 Å². The first-order valence-electron chi connectivity index (χ1n) is 7.84. The van der Waals surface area contributed by atoms with Crippen LogP contribution in [0.1, 0.15) is 57.9 Å². The molecule has 0 amide bonds. The number of nitrogens with one attached hydrogen (secondary N) is 1. The molecule has 1 aromatic carbocycles. The maximum atomic E-state index is 5.69. The van der Waals surface area contributed by atoms with Crippen LogP contribution in [0.15, 0.2) is 24.3 Å². The quantitative estimate of drug-likeness (QED) is 0.491. The van der Waals surface area contributed by atoms with Gasteiger partial charge < -0.3 is 11.1 Å².